The third kappa shape index (κ3) is 5.98. The molecule has 3 rings (SSSR count). The van der Waals surface area contributed by atoms with E-state index in [4.69, 9.17) is 9.73 Å². The number of guanidine groups is 1. The average Bonchev–Trinajstić information content (AvgIpc) is 2.70. The number of nitrogens with one attached hydrogen (secondary N) is 1. The lowest BCUT2D eigenvalue weighted by atomic mass is 10.1. The highest BCUT2D eigenvalue weighted by Crippen LogP contribution is 2.18. The van der Waals surface area contributed by atoms with E-state index in [-0.39, 0.29) is 6.10 Å². The molecule has 1 fully saturated rings. The maximum absolute atomic E-state index is 6.10. The quantitative estimate of drug-likeness (QED) is 0.628. The highest BCUT2D eigenvalue weighted by molar-refractivity contribution is 5.80. The van der Waals surface area contributed by atoms with Crippen molar-refractivity contribution in [2.45, 2.75) is 39.2 Å². The molecule has 0 atom stereocenters. The van der Waals surface area contributed by atoms with Crippen molar-refractivity contribution in [3.05, 3.63) is 59.9 Å². The van der Waals surface area contributed by atoms with E-state index >= 15 is 0 Å². The zero-order valence-corrected chi connectivity index (χ0v) is 16.4. The van der Waals surface area contributed by atoms with Crippen LogP contribution in [0.4, 0.5) is 0 Å². The maximum atomic E-state index is 6.10. The number of aromatic nitrogens is 1. The minimum atomic E-state index is 0.283. The number of rotatable bonds is 6. The summed E-state index contributed by atoms with van der Waals surface area (Å²) < 4.78 is 6.10. The SMILES string of the molecule is CCNC(=NCCc1ccc(C)nc1)N1CCC(Oc2ccccc2)CC1. The fourth-order valence-corrected chi connectivity index (χ4v) is 3.24. The maximum Gasteiger partial charge on any atom is 0.193 e. The van der Waals surface area contributed by atoms with Gasteiger partial charge in [-0.05, 0) is 44.0 Å². The molecule has 144 valence electrons. The summed E-state index contributed by atoms with van der Waals surface area (Å²) >= 11 is 0. The van der Waals surface area contributed by atoms with Gasteiger partial charge in [0.1, 0.15) is 11.9 Å². The second-order valence-electron chi connectivity index (χ2n) is 6.91. The van der Waals surface area contributed by atoms with Crippen molar-refractivity contribution < 1.29 is 4.74 Å². The van der Waals surface area contributed by atoms with Crippen LogP contribution in [-0.4, -0.2) is 48.1 Å². The van der Waals surface area contributed by atoms with E-state index in [0.717, 1.165) is 62.8 Å². The van der Waals surface area contributed by atoms with Crippen LogP contribution < -0.4 is 10.1 Å². The van der Waals surface area contributed by atoms with E-state index in [0.29, 0.717) is 0 Å². The van der Waals surface area contributed by atoms with Crippen LogP contribution in [0.25, 0.3) is 0 Å². The highest BCUT2D eigenvalue weighted by atomic mass is 16.5. The molecule has 0 aliphatic carbocycles. The first-order valence-electron chi connectivity index (χ1n) is 9.91. The summed E-state index contributed by atoms with van der Waals surface area (Å²) in [5, 5.41) is 3.43. The molecular weight excluding hydrogens is 336 g/mol. The van der Waals surface area contributed by atoms with Crippen LogP contribution in [0.5, 0.6) is 5.75 Å². The van der Waals surface area contributed by atoms with Crippen LogP contribution >= 0.6 is 0 Å². The monoisotopic (exact) mass is 366 g/mol. The third-order valence-electron chi connectivity index (χ3n) is 4.76. The number of benzene rings is 1. The van der Waals surface area contributed by atoms with Crippen molar-refractivity contribution in [1.82, 2.24) is 15.2 Å². The highest BCUT2D eigenvalue weighted by Gasteiger charge is 2.22. The molecule has 1 aliphatic rings. The van der Waals surface area contributed by atoms with Gasteiger partial charge >= 0.3 is 0 Å². The molecular formula is C22H30N4O. The molecule has 0 bridgehead atoms. The van der Waals surface area contributed by atoms with Crippen molar-refractivity contribution in [2.24, 2.45) is 4.99 Å². The van der Waals surface area contributed by atoms with Gasteiger partial charge in [0.2, 0.25) is 0 Å². The summed E-state index contributed by atoms with van der Waals surface area (Å²) in [4.78, 5) is 11.5. The molecule has 0 unspecified atom stereocenters. The third-order valence-corrected chi connectivity index (χ3v) is 4.76. The number of hydrogen-bond donors (Lipinski definition) is 1. The Balaban J connectivity index is 1.50. The molecule has 0 saturated carbocycles. The van der Waals surface area contributed by atoms with Crippen molar-refractivity contribution >= 4 is 5.96 Å². The van der Waals surface area contributed by atoms with Crippen LogP contribution in [0.3, 0.4) is 0 Å². The van der Waals surface area contributed by atoms with Gasteiger partial charge in [-0.3, -0.25) is 9.98 Å². The molecule has 0 spiro atoms. The van der Waals surface area contributed by atoms with Crippen LogP contribution in [0, 0.1) is 6.92 Å². The van der Waals surface area contributed by atoms with Gasteiger partial charge in [0.25, 0.3) is 0 Å². The van der Waals surface area contributed by atoms with E-state index in [1.807, 2.05) is 43.5 Å². The number of nitrogens with zero attached hydrogens (tertiary/aromatic N) is 3. The van der Waals surface area contributed by atoms with E-state index in [1.165, 1.54) is 5.56 Å². The van der Waals surface area contributed by atoms with Gasteiger partial charge in [0, 0.05) is 50.9 Å². The summed E-state index contributed by atoms with van der Waals surface area (Å²) in [6, 6.07) is 14.3. The second kappa shape index (κ2) is 9.95. The number of aliphatic imine (C=N–C) groups is 1. The van der Waals surface area contributed by atoms with Gasteiger partial charge < -0.3 is 15.0 Å². The molecule has 0 amide bonds. The Kier molecular flexibility index (Phi) is 7.08. The van der Waals surface area contributed by atoms with Gasteiger partial charge in [-0.1, -0.05) is 24.3 Å². The van der Waals surface area contributed by atoms with Gasteiger partial charge in [-0.15, -0.1) is 0 Å². The standard InChI is InChI=1S/C22H30N4O/c1-3-23-22(24-14-11-19-10-9-18(2)25-17-19)26-15-12-21(13-16-26)27-20-7-5-4-6-8-20/h4-10,17,21H,3,11-16H2,1-2H3,(H,23,24). The smallest absolute Gasteiger partial charge is 0.193 e. The molecule has 2 heterocycles. The van der Waals surface area contributed by atoms with E-state index in [2.05, 4.69) is 34.3 Å². The fourth-order valence-electron chi connectivity index (χ4n) is 3.24. The Labute approximate surface area is 162 Å². The zero-order chi connectivity index (χ0) is 18.9. The molecule has 1 N–H and O–H groups in total. The fraction of sp³-hybridized carbons (Fsp3) is 0.455. The van der Waals surface area contributed by atoms with Crippen LogP contribution in [0.15, 0.2) is 53.7 Å². The molecule has 1 saturated heterocycles. The second-order valence-corrected chi connectivity index (χ2v) is 6.91. The first kappa shape index (κ1) is 19.2. The van der Waals surface area contributed by atoms with Crippen molar-refractivity contribution in [3.8, 4) is 5.75 Å². The van der Waals surface area contributed by atoms with Crippen LogP contribution in [0.2, 0.25) is 0 Å². The molecule has 1 aromatic carbocycles. The Morgan fingerprint density at radius 1 is 1.19 bits per heavy atom. The van der Waals surface area contributed by atoms with E-state index in [9.17, 15) is 0 Å². The van der Waals surface area contributed by atoms with Gasteiger partial charge in [0.05, 0.1) is 0 Å². The number of hydrogen-bond acceptors (Lipinski definition) is 3. The predicted octanol–water partition coefficient (Wildman–Crippen LogP) is 3.44. The Hall–Kier alpha value is -2.56. The Bertz CT molecular complexity index is 707. The van der Waals surface area contributed by atoms with Gasteiger partial charge in [-0.2, -0.15) is 0 Å². The van der Waals surface area contributed by atoms with Gasteiger partial charge in [-0.25, -0.2) is 0 Å². The molecule has 1 aliphatic heterocycles. The summed E-state index contributed by atoms with van der Waals surface area (Å²) in [6.45, 7) is 7.71. The number of pyridine rings is 1. The number of piperidine rings is 1. The minimum absolute atomic E-state index is 0.283. The summed E-state index contributed by atoms with van der Waals surface area (Å²) in [7, 11) is 0. The lowest BCUT2D eigenvalue weighted by molar-refractivity contribution is 0.129. The predicted molar refractivity (Wildman–Crippen MR) is 110 cm³/mol. The lowest BCUT2D eigenvalue weighted by Crippen LogP contribution is -2.47. The largest absolute Gasteiger partial charge is 0.490 e. The number of ether oxygens (including phenoxy) is 1. The summed E-state index contributed by atoms with van der Waals surface area (Å²) in [5.74, 6) is 1.97. The molecule has 2 aromatic rings. The minimum Gasteiger partial charge on any atom is -0.490 e. The first-order chi connectivity index (χ1) is 13.2. The molecule has 0 radical (unpaired) electrons. The molecule has 5 heteroatoms. The summed E-state index contributed by atoms with van der Waals surface area (Å²) in [5.41, 5.74) is 2.28. The van der Waals surface area contributed by atoms with E-state index in [1.54, 1.807) is 0 Å². The molecule has 27 heavy (non-hydrogen) atoms. The number of likely N-dealkylation sites (tertiary alicyclic amines) is 1. The summed E-state index contributed by atoms with van der Waals surface area (Å²) in [6.07, 6.45) is 5.17. The van der Waals surface area contributed by atoms with Crippen molar-refractivity contribution in [2.75, 3.05) is 26.2 Å². The topological polar surface area (TPSA) is 49.8 Å². The molecule has 5 nitrogen and oxygen atoms in total. The number of para-hydroxylation sites is 1. The van der Waals surface area contributed by atoms with Crippen LogP contribution in [-0.2, 0) is 6.42 Å². The Morgan fingerprint density at radius 3 is 2.63 bits per heavy atom. The lowest BCUT2D eigenvalue weighted by Gasteiger charge is -2.34. The van der Waals surface area contributed by atoms with Crippen molar-refractivity contribution in [1.29, 1.82) is 0 Å². The average molecular weight is 367 g/mol. The molecule has 1 aromatic heterocycles. The van der Waals surface area contributed by atoms with Gasteiger partial charge in [0.15, 0.2) is 5.96 Å². The van der Waals surface area contributed by atoms with Crippen LogP contribution in [0.1, 0.15) is 31.0 Å². The normalized spacial score (nSPS) is 15.6. The Morgan fingerprint density at radius 2 is 1.96 bits per heavy atom. The van der Waals surface area contributed by atoms with Crippen molar-refractivity contribution in [3.63, 3.8) is 0 Å². The first-order valence-corrected chi connectivity index (χ1v) is 9.91. The number of aryl methyl sites for hydroxylation is 1. The zero-order valence-electron chi connectivity index (χ0n) is 16.4. The van der Waals surface area contributed by atoms with E-state index < -0.39 is 0 Å².